The normalized spacial score (nSPS) is 35.4. The van der Waals surface area contributed by atoms with Crippen molar-refractivity contribution in [3.63, 3.8) is 0 Å². The molecular formula is C8H17NO. The zero-order chi connectivity index (χ0) is 7.40. The van der Waals surface area contributed by atoms with Gasteiger partial charge in [0.1, 0.15) is 0 Å². The van der Waals surface area contributed by atoms with E-state index in [0.717, 1.165) is 6.42 Å². The summed E-state index contributed by atoms with van der Waals surface area (Å²) in [5.41, 5.74) is 5.82. The van der Waals surface area contributed by atoms with Crippen LogP contribution >= 0.6 is 0 Å². The van der Waals surface area contributed by atoms with Crippen LogP contribution in [0.15, 0.2) is 0 Å². The van der Waals surface area contributed by atoms with E-state index in [1.54, 1.807) is 7.11 Å². The van der Waals surface area contributed by atoms with Gasteiger partial charge in [0, 0.05) is 13.2 Å². The number of methoxy groups -OCH3 is 1. The Morgan fingerprint density at radius 2 is 2.00 bits per heavy atom. The molecule has 0 aromatic carbocycles. The fraction of sp³-hybridized carbons (Fsp3) is 1.00. The Kier molecular flexibility index (Phi) is 3.16. The molecule has 2 heteroatoms. The van der Waals surface area contributed by atoms with Crippen molar-refractivity contribution >= 4 is 0 Å². The van der Waals surface area contributed by atoms with Crippen LogP contribution in [0.3, 0.4) is 0 Å². The molecular weight excluding hydrogens is 126 g/mol. The van der Waals surface area contributed by atoms with E-state index in [2.05, 4.69) is 0 Å². The zero-order valence-corrected chi connectivity index (χ0v) is 6.68. The second kappa shape index (κ2) is 3.94. The van der Waals surface area contributed by atoms with E-state index < -0.39 is 0 Å². The van der Waals surface area contributed by atoms with Gasteiger partial charge >= 0.3 is 0 Å². The average molecular weight is 143 g/mol. The topological polar surface area (TPSA) is 35.2 Å². The van der Waals surface area contributed by atoms with Crippen LogP contribution in [0.2, 0.25) is 0 Å². The van der Waals surface area contributed by atoms with Gasteiger partial charge in [-0.1, -0.05) is 12.8 Å². The molecule has 1 aliphatic rings. The van der Waals surface area contributed by atoms with Gasteiger partial charge in [-0.15, -0.1) is 0 Å². The summed E-state index contributed by atoms with van der Waals surface area (Å²) in [5, 5.41) is 0. The van der Waals surface area contributed by atoms with Crippen molar-refractivity contribution in [1.82, 2.24) is 0 Å². The van der Waals surface area contributed by atoms with Crippen molar-refractivity contribution in [3.8, 4) is 0 Å². The van der Waals surface area contributed by atoms with Crippen molar-refractivity contribution in [2.45, 2.75) is 44.2 Å². The first-order chi connectivity index (χ1) is 4.83. The second-order valence-corrected chi connectivity index (χ2v) is 3.14. The van der Waals surface area contributed by atoms with Crippen LogP contribution in [0, 0.1) is 0 Å². The Morgan fingerprint density at radius 3 is 2.70 bits per heavy atom. The SMILES string of the molecule is CO[C@H]1CCCC[C@H](N)C1. The van der Waals surface area contributed by atoms with Gasteiger partial charge in [-0.05, 0) is 19.3 Å². The van der Waals surface area contributed by atoms with Crippen molar-refractivity contribution in [1.29, 1.82) is 0 Å². The maximum atomic E-state index is 5.82. The summed E-state index contributed by atoms with van der Waals surface area (Å²) in [4.78, 5) is 0. The highest BCUT2D eigenvalue weighted by Crippen LogP contribution is 2.18. The van der Waals surface area contributed by atoms with Gasteiger partial charge in [-0.3, -0.25) is 0 Å². The lowest BCUT2D eigenvalue weighted by Gasteiger charge is -2.14. The lowest BCUT2D eigenvalue weighted by Crippen LogP contribution is -2.24. The third-order valence-electron chi connectivity index (χ3n) is 2.25. The largest absolute Gasteiger partial charge is 0.381 e. The van der Waals surface area contributed by atoms with Crippen LogP contribution < -0.4 is 5.73 Å². The predicted molar refractivity (Wildman–Crippen MR) is 41.9 cm³/mol. The Labute approximate surface area is 62.7 Å². The molecule has 1 fully saturated rings. The van der Waals surface area contributed by atoms with E-state index >= 15 is 0 Å². The molecule has 2 nitrogen and oxygen atoms in total. The molecule has 1 saturated carbocycles. The first-order valence-electron chi connectivity index (χ1n) is 4.11. The number of ether oxygens (including phenoxy) is 1. The Hall–Kier alpha value is -0.0800. The number of hydrogen-bond acceptors (Lipinski definition) is 2. The molecule has 0 heterocycles. The summed E-state index contributed by atoms with van der Waals surface area (Å²) in [7, 11) is 1.78. The minimum absolute atomic E-state index is 0.382. The molecule has 10 heavy (non-hydrogen) atoms. The summed E-state index contributed by atoms with van der Waals surface area (Å²) < 4.78 is 5.26. The van der Waals surface area contributed by atoms with Crippen LogP contribution in [0.1, 0.15) is 32.1 Å². The molecule has 0 aliphatic heterocycles. The Balaban J connectivity index is 2.30. The molecule has 60 valence electrons. The molecule has 0 saturated heterocycles. The molecule has 2 N–H and O–H groups in total. The second-order valence-electron chi connectivity index (χ2n) is 3.14. The van der Waals surface area contributed by atoms with Gasteiger partial charge in [-0.2, -0.15) is 0 Å². The van der Waals surface area contributed by atoms with E-state index in [4.69, 9.17) is 10.5 Å². The summed E-state index contributed by atoms with van der Waals surface area (Å²) in [5.74, 6) is 0. The minimum Gasteiger partial charge on any atom is -0.381 e. The van der Waals surface area contributed by atoms with E-state index in [1.165, 1.54) is 25.7 Å². The molecule has 0 spiro atoms. The minimum atomic E-state index is 0.382. The van der Waals surface area contributed by atoms with Gasteiger partial charge in [0.05, 0.1) is 6.10 Å². The highest BCUT2D eigenvalue weighted by Gasteiger charge is 2.15. The molecule has 0 radical (unpaired) electrons. The average Bonchev–Trinajstić information content (AvgIpc) is 2.13. The molecule has 0 bridgehead atoms. The molecule has 0 aromatic heterocycles. The van der Waals surface area contributed by atoms with Crippen LogP contribution in [-0.4, -0.2) is 19.3 Å². The van der Waals surface area contributed by atoms with Crippen LogP contribution in [0.5, 0.6) is 0 Å². The Bertz CT molecular complexity index is 95.3. The molecule has 2 atom stereocenters. The van der Waals surface area contributed by atoms with Crippen LogP contribution in [0.4, 0.5) is 0 Å². The molecule has 1 aliphatic carbocycles. The lowest BCUT2D eigenvalue weighted by molar-refractivity contribution is 0.0866. The molecule has 1 rings (SSSR count). The van der Waals surface area contributed by atoms with Crippen LogP contribution in [0.25, 0.3) is 0 Å². The van der Waals surface area contributed by atoms with Crippen molar-refractivity contribution in [3.05, 3.63) is 0 Å². The smallest absolute Gasteiger partial charge is 0.0586 e. The summed E-state index contributed by atoms with van der Waals surface area (Å²) >= 11 is 0. The summed E-state index contributed by atoms with van der Waals surface area (Å²) in [6, 6.07) is 0.382. The monoisotopic (exact) mass is 143 g/mol. The van der Waals surface area contributed by atoms with Crippen molar-refractivity contribution in [2.24, 2.45) is 5.73 Å². The fourth-order valence-electron chi connectivity index (χ4n) is 1.57. The number of hydrogen-bond donors (Lipinski definition) is 1. The first kappa shape index (κ1) is 8.02. The Morgan fingerprint density at radius 1 is 1.30 bits per heavy atom. The third-order valence-corrected chi connectivity index (χ3v) is 2.25. The third kappa shape index (κ3) is 2.27. The standard InChI is InChI=1S/C8H17NO/c1-10-8-5-3-2-4-7(9)6-8/h7-8H,2-6,9H2,1H3/t7-,8-/m0/s1. The van der Waals surface area contributed by atoms with Gasteiger partial charge in [-0.25, -0.2) is 0 Å². The number of rotatable bonds is 1. The quantitative estimate of drug-likeness (QED) is 0.561. The summed E-state index contributed by atoms with van der Waals surface area (Å²) in [6.07, 6.45) is 6.42. The van der Waals surface area contributed by atoms with Crippen LogP contribution in [-0.2, 0) is 4.74 Å². The van der Waals surface area contributed by atoms with E-state index in [1.807, 2.05) is 0 Å². The summed E-state index contributed by atoms with van der Waals surface area (Å²) in [6.45, 7) is 0. The van der Waals surface area contributed by atoms with Crippen molar-refractivity contribution in [2.75, 3.05) is 7.11 Å². The molecule has 0 amide bonds. The van der Waals surface area contributed by atoms with E-state index in [-0.39, 0.29) is 0 Å². The molecule has 0 unspecified atom stereocenters. The van der Waals surface area contributed by atoms with E-state index in [9.17, 15) is 0 Å². The van der Waals surface area contributed by atoms with Gasteiger partial charge in [0.15, 0.2) is 0 Å². The van der Waals surface area contributed by atoms with Gasteiger partial charge < -0.3 is 10.5 Å². The number of nitrogens with two attached hydrogens (primary N) is 1. The highest BCUT2D eigenvalue weighted by molar-refractivity contribution is 4.72. The first-order valence-corrected chi connectivity index (χ1v) is 4.11. The van der Waals surface area contributed by atoms with Crippen molar-refractivity contribution < 1.29 is 4.74 Å². The maximum Gasteiger partial charge on any atom is 0.0586 e. The van der Waals surface area contributed by atoms with Gasteiger partial charge in [0.25, 0.3) is 0 Å². The van der Waals surface area contributed by atoms with E-state index in [0.29, 0.717) is 12.1 Å². The van der Waals surface area contributed by atoms with Gasteiger partial charge in [0.2, 0.25) is 0 Å². The fourth-order valence-corrected chi connectivity index (χ4v) is 1.57. The predicted octanol–water partition coefficient (Wildman–Crippen LogP) is 1.29. The maximum absolute atomic E-state index is 5.82. The highest BCUT2D eigenvalue weighted by atomic mass is 16.5. The molecule has 0 aromatic rings. The zero-order valence-electron chi connectivity index (χ0n) is 6.68. The lowest BCUT2D eigenvalue weighted by atomic mass is 10.1.